The molecule has 0 spiro atoms. The van der Waals surface area contributed by atoms with Crippen molar-refractivity contribution in [2.75, 3.05) is 6.54 Å². The van der Waals surface area contributed by atoms with Crippen molar-refractivity contribution in [1.82, 2.24) is 25.1 Å². The zero-order valence-electron chi connectivity index (χ0n) is 13.0. The van der Waals surface area contributed by atoms with Crippen molar-refractivity contribution in [2.24, 2.45) is 5.92 Å². The molecule has 1 aliphatic rings. The maximum Gasteiger partial charge on any atom is 0.254 e. The van der Waals surface area contributed by atoms with E-state index in [1.54, 1.807) is 4.68 Å². The molecule has 1 heterocycles. The SMILES string of the molecule is CC(C)CCN(C(=O)c1ccc(-n2cnnn2)cc1)C1CC1. The zero-order valence-corrected chi connectivity index (χ0v) is 13.0. The molecule has 0 unspecified atom stereocenters. The number of carbonyl (C=O) groups excluding carboxylic acids is 1. The standard InChI is InChI=1S/C16H21N5O/c1-12(2)9-10-20(14-7-8-14)16(22)13-3-5-15(6-4-13)21-11-17-18-19-21/h3-6,11-12,14H,7-10H2,1-2H3. The highest BCUT2D eigenvalue weighted by molar-refractivity contribution is 5.94. The van der Waals surface area contributed by atoms with Gasteiger partial charge in [0.25, 0.3) is 5.91 Å². The summed E-state index contributed by atoms with van der Waals surface area (Å²) in [6.07, 6.45) is 4.85. The highest BCUT2D eigenvalue weighted by Crippen LogP contribution is 2.29. The Morgan fingerprint density at radius 2 is 2.05 bits per heavy atom. The van der Waals surface area contributed by atoms with E-state index < -0.39 is 0 Å². The molecule has 1 fully saturated rings. The molecule has 0 radical (unpaired) electrons. The molecular formula is C16H21N5O. The average molecular weight is 299 g/mol. The molecule has 1 saturated carbocycles. The van der Waals surface area contributed by atoms with E-state index in [1.807, 2.05) is 29.2 Å². The Hall–Kier alpha value is -2.24. The molecular weight excluding hydrogens is 278 g/mol. The van der Waals surface area contributed by atoms with Gasteiger partial charge in [-0.3, -0.25) is 4.79 Å². The van der Waals surface area contributed by atoms with Gasteiger partial charge in [-0.25, -0.2) is 4.68 Å². The maximum atomic E-state index is 12.7. The van der Waals surface area contributed by atoms with Crippen molar-refractivity contribution in [3.05, 3.63) is 36.2 Å². The van der Waals surface area contributed by atoms with E-state index in [0.29, 0.717) is 12.0 Å². The summed E-state index contributed by atoms with van der Waals surface area (Å²) in [5.41, 5.74) is 1.58. The zero-order chi connectivity index (χ0) is 15.5. The van der Waals surface area contributed by atoms with Crippen LogP contribution < -0.4 is 0 Å². The summed E-state index contributed by atoms with van der Waals surface area (Å²) in [7, 11) is 0. The van der Waals surface area contributed by atoms with Crippen molar-refractivity contribution in [3.63, 3.8) is 0 Å². The van der Waals surface area contributed by atoms with E-state index in [-0.39, 0.29) is 5.91 Å². The molecule has 0 N–H and O–H groups in total. The van der Waals surface area contributed by atoms with E-state index in [9.17, 15) is 4.79 Å². The van der Waals surface area contributed by atoms with Gasteiger partial charge in [0.2, 0.25) is 0 Å². The molecule has 0 saturated heterocycles. The van der Waals surface area contributed by atoms with E-state index in [1.165, 1.54) is 6.33 Å². The Labute approximate surface area is 130 Å². The number of benzene rings is 1. The number of tetrazole rings is 1. The number of aromatic nitrogens is 4. The van der Waals surface area contributed by atoms with Crippen LogP contribution in [0.2, 0.25) is 0 Å². The van der Waals surface area contributed by atoms with Crippen LogP contribution in [0.4, 0.5) is 0 Å². The van der Waals surface area contributed by atoms with Gasteiger partial charge in [0, 0.05) is 18.2 Å². The monoisotopic (exact) mass is 299 g/mol. The molecule has 0 bridgehead atoms. The third kappa shape index (κ3) is 3.32. The molecule has 6 nitrogen and oxygen atoms in total. The van der Waals surface area contributed by atoms with E-state index in [0.717, 1.165) is 37.1 Å². The topological polar surface area (TPSA) is 63.9 Å². The largest absolute Gasteiger partial charge is 0.336 e. The van der Waals surface area contributed by atoms with Crippen LogP contribution in [-0.2, 0) is 0 Å². The molecule has 1 amide bonds. The van der Waals surface area contributed by atoms with Crippen LogP contribution in [0.3, 0.4) is 0 Å². The van der Waals surface area contributed by atoms with Gasteiger partial charge >= 0.3 is 0 Å². The minimum absolute atomic E-state index is 0.131. The minimum atomic E-state index is 0.131. The minimum Gasteiger partial charge on any atom is -0.336 e. The van der Waals surface area contributed by atoms with Gasteiger partial charge in [-0.2, -0.15) is 0 Å². The van der Waals surface area contributed by atoms with E-state index in [4.69, 9.17) is 0 Å². The summed E-state index contributed by atoms with van der Waals surface area (Å²) in [4.78, 5) is 14.7. The van der Waals surface area contributed by atoms with E-state index >= 15 is 0 Å². The first-order chi connectivity index (χ1) is 10.6. The van der Waals surface area contributed by atoms with Gasteiger partial charge in [0.1, 0.15) is 6.33 Å². The lowest BCUT2D eigenvalue weighted by molar-refractivity contribution is 0.0735. The van der Waals surface area contributed by atoms with Crippen LogP contribution in [0.1, 0.15) is 43.5 Å². The second kappa shape index (κ2) is 6.25. The summed E-state index contributed by atoms with van der Waals surface area (Å²) in [6, 6.07) is 7.88. The normalized spacial score (nSPS) is 14.3. The van der Waals surface area contributed by atoms with Crippen molar-refractivity contribution < 1.29 is 4.79 Å². The van der Waals surface area contributed by atoms with Crippen molar-refractivity contribution in [2.45, 2.75) is 39.2 Å². The first-order valence-corrected chi connectivity index (χ1v) is 7.79. The fourth-order valence-electron chi connectivity index (χ4n) is 2.44. The molecule has 6 heteroatoms. The summed E-state index contributed by atoms with van der Waals surface area (Å²) >= 11 is 0. The molecule has 2 aromatic rings. The van der Waals surface area contributed by atoms with E-state index in [2.05, 4.69) is 29.4 Å². The van der Waals surface area contributed by atoms with Crippen LogP contribution in [0.25, 0.3) is 5.69 Å². The molecule has 116 valence electrons. The number of amides is 1. The first-order valence-electron chi connectivity index (χ1n) is 7.79. The van der Waals surface area contributed by atoms with Crippen LogP contribution in [0.5, 0.6) is 0 Å². The molecule has 1 aliphatic carbocycles. The first kappa shape index (κ1) is 14.7. The number of hydrogen-bond donors (Lipinski definition) is 0. The van der Waals surface area contributed by atoms with Crippen LogP contribution in [0.15, 0.2) is 30.6 Å². The molecule has 1 aromatic heterocycles. The summed E-state index contributed by atoms with van der Waals surface area (Å²) in [6.45, 7) is 5.23. The molecule has 22 heavy (non-hydrogen) atoms. The fraction of sp³-hybridized carbons (Fsp3) is 0.500. The lowest BCUT2D eigenvalue weighted by atomic mass is 10.1. The highest BCUT2D eigenvalue weighted by atomic mass is 16.2. The third-order valence-electron chi connectivity index (χ3n) is 3.92. The van der Waals surface area contributed by atoms with Gasteiger partial charge in [-0.05, 0) is 59.9 Å². The second-order valence-corrected chi connectivity index (χ2v) is 6.21. The van der Waals surface area contributed by atoms with Gasteiger partial charge in [0.15, 0.2) is 0 Å². The quantitative estimate of drug-likeness (QED) is 0.821. The van der Waals surface area contributed by atoms with Crippen molar-refractivity contribution >= 4 is 5.91 Å². The van der Waals surface area contributed by atoms with Gasteiger partial charge in [-0.15, -0.1) is 5.10 Å². The Bertz CT molecular complexity index is 616. The lowest BCUT2D eigenvalue weighted by Gasteiger charge is -2.23. The maximum absolute atomic E-state index is 12.7. The fourth-order valence-corrected chi connectivity index (χ4v) is 2.44. The Balaban J connectivity index is 1.72. The molecule has 0 aliphatic heterocycles. The number of carbonyl (C=O) groups is 1. The highest BCUT2D eigenvalue weighted by Gasteiger charge is 2.32. The number of rotatable bonds is 6. The summed E-state index contributed by atoms with van der Waals surface area (Å²) in [5.74, 6) is 0.739. The van der Waals surface area contributed by atoms with Gasteiger partial charge in [0.05, 0.1) is 5.69 Å². The number of hydrogen-bond acceptors (Lipinski definition) is 4. The lowest BCUT2D eigenvalue weighted by Crippen LogP contribution is -2.34. The Morgan fingerprint density at radius 3 is 2.59 bits per heavy atom. The van der Waals surface area contributed by atoms with Gasteiger partial charge in [-0.1, -0.05) is 13.8 Å². The van der Waals surface area contributed by atoms with Gasteiger partial charge < -0.3 is 4.90 Å². The Kier molecular flexibility index (Phi) is 4.18. The van der Waals surface area contributed by atoms with Crippen LogP contribution in [0, 0.1) is 5.92 Å². The predicted molar refractivity (Wildman–Crippen MR) is 82.7 cm³/mol. The molecule has 3 rings (SSSR count). The average Bonchev–Trinajstić information content (AvgIpc) is 3.20. The van der Waals surface area contributed by atoms with Crippen LogP contribution >= 0.6 is 0 Å². The smallest absolute Gasteiger partial charge is 0.254 e. The van der Waals surface area contributed by atoms with Crippen molar-refractivity contribution in [1.29, 1.82) is 0 Å². The number of nitrogens with zero attached hydrogens (tertiary/aromatic N) is 5. The third-order valence-corrected chi connectivity index (χ3v) is 3.92. The summed E-state index contributed by atoms with van der Waals surface area (Å²) < 4.78 is 1.58. The van der Waals surface area contributed by atoms with Crippen molar-refractivity contribution in [3.8, 4) is 5.69 Å². The molecule has 0 atom stereocenters. The summed E-state index contributed by atoms with van der Waals surface area (Å²) in [5, 5.41) is 11.1. The second-order valence-electron chi connectivity index (χ2n) is 6.21. The Morgan fingerprint density at radius 1 is 1.32 bits per heavy atom. The van der Waals surface area contributed by atoms with Crippen LogP contribution in [-0.4, -0.2) is 43.6 Å². The molecule has 1 aromatic carbocycles. The predicted octanol–water partition coefficient (Wildman–Crippen LogP) is 2.31.